The maximum absolute atomic E-state index is 12.0. The van der Waals surface area contributed by atoms with Crippen LogP contribution in [0.2, 0.25) is 0 Å². The zero-order valence-corrected chi connectivity index (χ0v) is 11.5. The van der Waals surface area contributed by atoms with Crippen molar-refractivity contribution in [2.24, 2.45) is 0 Å². The predicted octanol–water partition coefficient (Wildman–Crippen LogP) is 0.869. The van der Waals surface area contributed by atoms with Gasteiger partial charge in [-0.1, -0.05) is 0 Å². The average molecular weight is 288 g/mol. The quantitative estimate of drug-likeness (QED) is 0.826. The molecule has 1 aliphatic rings. The number of hydrogen-bond acceptors (Lipinski definition) is 5. The molecule has 7 heteroatoms. The van der Waals surface area contributed by atoms with Crippen LogP contribution in [0.15, 0.2) is 30.9 Å². The number of rotatable bonds is 5. The second kappa shape index (κ2) is 6.25. The van der Waals surface area contributed by atoms with Gasteiger partial charge in [0.15, 0.2) is 11.5 Å². The van der Waals surface area contributed by atoms with Crippen LogP contribution < -0.4 is 14.8 Å². The van der Waals surface area contributed by atoms with E-state index in [4.69, 9.17) is 9.47 Å². The van der Waals surface area contributed by atoms with Crippen molar-refractivity contribution in [2.45, 2.75) is 13.0 Å². The van der Waals surface area contributed by atoms with Gasteiger partial charge in [-0.3, -0.25) is 9.48 Å². The lowest BCUT2D eigenvalue weighted by molar-refractivity contribution is 0.0951. The third-order valence-electron chi connectivity index (χ3n) is 3.12. The van der Waals surface area contributed by atoms with Crippen molar-refractivity contribution >= 4 is 5.91 Å². The molecule has 0 saturated heterocycles. The molecule has 0 saturated carbocycles. The summed E-state index contributed by atoms with van der Waals surface area (Å²) >= 11 is 0. The van der Waals surface area contributed by atoms with Crippen LogP contribution in [0, 0.1) is 0 Å². The summed E-state index contributed by atoms with van der Waals surface area (Å²) in [6.07, 6.45) is 3.94. The van der Waals surface area contributed by atoms with E-state index in [1.165, 1.54) is 6.33 Å². The van der Waals surface area contributed by atoms with Gasteiger partial charge in [0.25, 0.3) is 5.91 Å². The average Bonchev–Trinajstić information content (AvgIpc) is 3.04. The van der Waals surface area contributed by atoms with E-state index >= 15 is 0 Å². The molecular weight excluding hydrogens is 272 g/mol. The van der Waals surface area contributed by atoms with E-state index in [0.29, 0.717) is 36.8 Å². The molecule has 1 aliphatic heterocycles. The molecular formula is C14H16N4O3. The minimum absolute atomic E-state index is 0.120. The van der Waals surface area contributed by atoms with E-state index in [1.54, 1.807) is 29.2 Å². The number of aryl methyl sites for hydroxylation is 1. The Morgan fingerprint density at radius 1 is 1.29 bits per heavy atom. The van der Waals surface area contributed by atoms with Gasteiger partial charge in [-0.2, -0.15) is 5.10 Å². The van der Waals surface area contributed by atoms with Crippen LogP contribution in [0.25, 0.3) is 0 Å². The van der Waals surface area contributed by atoms with Crippen LogP contribution in [-0.4, -0.2) is 40.4 Å². The second-order valence-electron chi connectivity index (χ2n) is 4.63. The van der Waals surface area contributed by atoms with Crippen molar-refractivity contribution in [3.8, 4) is 11.5 Å². The fourth-order valence-electron chi connectivity index (χ4n) is 2.08. The van der Waals surface area contributed by atoms with Crippen molar-refractivity contribution in [3.05, 3.63) is 36.4 Å². The standard InChI is InChI=1S/C14H16N4O3/c19-14(16-4-1-5-18-10-15-9-17-18)11-2-3-12-13(8-11)21-7-6-20-12/h2-3,8-10H,1,4-7H2,(H,16,19). The topological polar surface area (TPSA) is 78.3 Å². The summed E-state index contributed by atoms with van der Waals surface area (Å²) in [4.78, 5) is 15.9. The number of benzene rings is 1. The molecule has 0 bridgehead atoms. The number of ether oxygens (including phenoxy) is 2. The van der Waals surface area contributed by atoms with Crippen LogP contribution in [-0.2, 0) is 6.54 Å². The Morgan fingerprint density at radius 2 is 2.14 bits per heavy atom. The number of aromatic nitrogens is 3. The van der Waals surface area contributed by atoms with Crippen molar-refractivity contribution < 1.29 is 14.3 Å². The number of nitrogens with one attached hydrogen (secondary N) is 1. The second-order valence-corrected chi connectivity index (χ2v) is 4.63. The van der Waals surface area contributed by atoms with E-state index in [1.807, 2.05) is 0 Å². The third-order valence-corrected chi connectivity index (χ3v) is 3.12. The number of carbonyl (C=O) groups excluding carboxylic acids is 1. The molecule has 7 nitrogen and oxygen atoms in total. The summed E-state index contributed by atoms with van der Waals surface area (Å²) in [5.74, 6) is 1.19. The maximum Gasteiger partial charge on any atom is 0.251 e. The molecule has 2 heterocycles. The Hall–Kier alpha value is -2.57. The molecule has 0 fully saturated rings. The lowest BCUT2D eigenvalue weighted by Gasteiger charge is -2.18. The van der Waals surface area contributed by atoms with Gasteiger partial charge in [-0.05, 0) is 24.6 Å². The number of fused-ring (bicyclic) bond motifs is 1. The first-order valence-corrected chi connectivity index (χ1v) is 6.83. The Morgan fingerprint density at radius 3 is 2.95 bits per heavy atom. The van der Waals surface area contributed by atoms with Crippen LogP contribution >= 0.6 is 0 Å². The Labute approximate surface area is 121 Å². The number of carbonyl (C=O) groups is 1. The number of amides is 1. The van der Waals surface area contributed by atoms with Crippen molar-refractivity contribution in [1.82, 2.24) is 20.1 Å². The SMILES string of the molecule is O=C(NCCCn1cncn1)c1ccc2c(c1)OCCO2. The molecule has 110 valence electrons. The molecule has 21 heavy (non-hydrogen) atoms. The molecule has 3 rings (SSSR count). The molecule has 1 N–H and O–H groups in total. The van der Waals surface area contributed by atoms with Gasteiger partial charge in [0.05, 0.1) is 0 Å². The third kappa shape index (κ3) is 3.31. The monoisotopic (exact) mass is 288 g/mol. The summed E-state index contributed by atoms with van der Waals surface area (Å²) < 4.78 is 12.6. The largest absolute Gasteiger partial charge is 0.486 e. The highest BCUT2D eigenvalue weighted by Crippen LogP contribution is 2.30. The molecule has 1 aromatic carbocycles. The normalized spacial score (nSPS) is 13.0. The summed E-state index contributed by atoms with van der Waals surface area (Å²) in [5.41, 5.74) is 0.569. The summed E-state index contributed by atoms with van der Waals surface area (Å²) in [5, 5.41) is 6.87. The fraction of sp³-hybridized carbons (Fsp3) is 0.357. The van der Waals surface area contributed by atoms with Crippen molar-refractivity contribution in [2.75, 3.05) is 19.8 Å². The minimum Gasteiger partial charge on any atom is -0.486 e. The molecule has 0 atom stereocenters. The molecule has 0 aliphatic carbocycles. The first-order valence-electron chi connectivity index (χ1n) is 6.83. The molecule has 0 spiro atoms. The molecule has 1 aromatic heterocycles. The fourth-order valence-corrected chi connectivity index (χ4v) is 2.08. The van der Waals surface area contributed by atoms with Gasteiger partial charge in [0.1, 0.15) is 25.9 Å². The van der Waals surface area contributed by atoms with Gasteiger partial charge in [0, 0.05) is 18.7 Å². The molecule has 0 radical (unpaired) electrons. The molecule has 2 aromatic rings. The Balaban J connectivity index is 1.51. The van der Waals surface area contributed by atoms with Gasteiger partial charge in [0.2, 0.25) is 0 Å². The summed E-state index contributed by atoms with van der Waals surface area (Å²) in [6, 6.07) is 5.21. The highest BCUT2D eigenvalue weighted by Gasteiger charge is 2.14. The van der Waals surface area contributed by atoms with E-state index < -0.39 is 0 Å². The summed E-state index contributed by atoms with van der Waals surface area (Å²) in [6.45, 7) is 2.35. The van der Waals surface area contributed by atoms with Crippen molar-refractivity contribution in [3.63, 3.8) is 0 Å². The predicted molar refractivity (Wildman–Crippen MR) is 74.4 cm³/mol. The van der Waals surface area contributed by atoms with Crippen LogP contribution in [0.5, 0.6) is 11.5 Å². The van der Waals surface area contributed by atoms with Crippen LogP contribution in [0.4, 0.5) is 0 Å². The van der Waals surface area contributed by atoms with Crippen molar-refractivity contribution in [1.29, 1.82) is 0 Å². The number of hydrogen-bond donors (Lipinski definition) is 1. The zero-order chi connectivity index (χ0) is 14.5. The minimum atomic E-state index is -0.120. The highest BCUT2D eigenvalue weighted by molar-refractivity contribution is 5.94. The number of nitrogens with zero attached hydrogens (tertiary/aromatic N) is 3. The Bertz CT molecular complexity index is 613. The van der Waals surface area contributed by atoms with E-state index in [2.05, 4.69) is 15.4 Å². The lowest BCUT2D eigenvalue weighted by atomic mass is 10.2. The van der Waals surface area contributed by atoms with E-state index in [-0.39, 0.29) is 5.91 Å². The Kier molecular flexibility index (Phi) is 3.99. The zero-order valence-electron chi connectivity index (χ0n) is 11.5. The molecule has 0 unspecified atom stereocenters. The summed E-state index contributed by atoms with van der Waals surface area (Å²) in [7, 11) is 0. The maximum atomic E-state index is 12.0. The van der Waals surface area contributed by atoms with E-state index in [9.17, 15) is 4.79 Å². The van der Waals surface area contributed by atoms with Crippen LogP contribution in [0.1, 0.15) is 16.8 Å². The van der Waals surface area contributed by atoms with Crippen LogP contribution in [0.3, 0.4) is 0 Å². The van der Waals surface area contributed by atoms with Gasteiger partial charge in [-0.25, -0.2) is 4.98 Å². The lowest BCUT2D eigenvalue weighted by Crippen LogP contribution is -2.25. The van der Waals surface area contributed by atoms with E-state index in [0.717, 1.165) is 13.0 Å². The van der Waals surface area contributed by atoms with Gasteiger partial charge >= 0.3 is 0 Å². The first kappa shape index (κ1) is 13.4. The van der Waals surface area contributed by atoms with Gasteiger partial charge in [-0.15, -0.1) is 0 Å². The highest BCUT2D eigenvalue weighted by atomic mass is 16.6. The van der Waals surface area contributed by atoms with Gasteiger partial charge < -0.3 is 14.8 Å². The first-order chi connectivity index (χ1) is 10.3. The smallest absolute Gasteiger partial charge is 0.251 e. The molecule has 1 amide bonds.